The molecule has 5 aromatic rings. The van der Waals surface area contributed by atoms with Crippen LogP contribution in [0.5, 0.6) is 0 Å². The van der Waals surface area contributed by atoms with Crippen LogP contribution < -0.4 is 10.4 Å². The monoisotopic (exact) mass is 686 g/mol. The largest absolute Gasteiger partial charge is 0.413 e. The lowest BCUT2D eigenvalue weighted by atomic mass is 9.92. The molecule has 2 nitrogen and oxygen atoms in total. The third-order valence-corrected chi connectivity index (χ3v) is 12.3. The summed E-state index contributed by atoms with van der Waals surface area (Å²) in [5.41, 5.74) is 3.50. The highest BCUT2D eigenvalue weighted by Crippen LogP contribution is 2.32. The molecule has 0 fully saturated rings. The van der Waals surface area contributed by atoms with E-state index in [2.05, 4.69) is 161 Å². The third kappa shape index (κ3) is 9.18. The van der Waals surface area contributed by atoms with Crippen molar-refractivity contribution >= 4 is 51.4 Å². The van der Waals surface area contributed by atoms with Gasteiger partial charge >= 0.3 is 0 Å². The van der Waals surface area contributed by atoms with Crippen LogP contribution in [0.4, 0.5) is 0 Å². The summed E-state index contributed by atoms with van der Waals surface area (Å²) in [6, 6.07) is 33.9. The van der Waals surface area contributed by atoms with E-state index in [9.17, 15) is 0 Å². The first kappa shape index (κ1) is 36.3. The fourth-order valence-electron chi connectivity index (χ4n) is 6.17. The van der Waals surface area contributed by atoms with Crippen molar-refractivity contribution in [2.75, 3.05) is 0 Å². The number of hydrogen-bond donors (Lipinski definition) is 0. The Morgan fingerprint density at radius 1 is 0.480 bits per heavy atom. The second-order valence-corrected chi connectivity index (χ2v) is 16.0. The van der Waals surface area contributed by atoms with Gasteiger partial charge in [0.1, 0.15) is 0 Å². The van der Waals surface area contributed by atoms with Gasteiger partial charge in [-0.05, 0) is 95.7 Å². The van der Waals surface area contributed by atoms with Gasteiger partial charge in [-0.25, -0.2) is 0 Å². The lowest BCUT2D eigenvalue weighted by Crippen LogP contribution is -2.33. The van der Waals surface area contributed by atoms with Crippen molar-refractivity contribution in [3.05, 3.63) is 170 Å². The topological polar surface area (TPSA) is 18.5 Å². The Morgan fingerprint density at radius 3 is 1.06 bits per heavy atom. The quantitative estimate of drug-likeness (QED) is 0.0510. The van der Waals surface area contributed by atoms with Crippen molar-refractivity contribution in [3.8, 4) is 23.7 Å². The summed E-state index contributed by atoms with van der Waals surface area (Å²) >= 11 is 0. The summed E-state index contributed by atoms with van der Waals surface area (Å²) in [5, 5.41) is 6.89. The lowest BCUT2D eigenvalue weighted by molar-refractivity contribution is 0.104. The average molecular weight is 687 g/mol. The zero-order valence-electron chi connectivity index (χ0n) is 29.4. The highest BCUT2D eigenvalue weighted by molar-refractivity contribution is 6.47. The van der Waals surface area contributed by atoms with Gasteiger partial charge in [-0.15, -0.1) is 26.3 Å². The maximum Gasteiger partial charge on any atom is 0.193 e. The molecule has 0 heterocycles. The number of fused-ring (bicyclic) bond motifs is 2. The van der Waals surface area contributed by atoms with Crippen LogP contribution in [-0.4, -0.2) is 30.7 Å². The van der Waals surface area contributed by atoms with Crippen molar-refractivity contribution in [1.29, 1.82) is 0 Å². The summed E-state index contributed by atoms with van der Waals surface area (Å²) < 4.78 is 12.8. The molecule has 5 rings (SSSR count). The molecule has 0 spiro atoms. The van der Waals surface area contributed by atoms with E-state index in [1.165, 1.54) is 10.4 Å². The summed E-state index contributed by atoms with van der Waals surface area (Å²) in [5.74, 6) is 14.0. The first-order chi connectivity index (χ1) is 24.3. The number of benzene rings is 5. The van der Waals surface area contributed by atoms with E-state index >= 15 is 0 Å². The van der Waals surface area contributed by atoms with E-state index in [-0.39, 0.29) is 11.2 Å². The van der Waals surface area contributed by atoms with E-state index < -0.39 is 19.5 Å². The molecule has 250 valence electrons. The van der Waals surface area contributed by atoms with Crippen LogP contribution in [0, 0.1) is 23.7 Å². The molecule has 0 N–H and O–H groups in total. The molecule has 5 aromatic carbocycles. The molecule has 0 unspecified atom stereocenters. The molecule has 0 aliphatic carbocycles. The molecule has 0 atom stereocenters. The van der Waals surface area contributed by atoms with Crippen LogP contribution >= 0.6 is 0 Å². The molecule has 0 saturated carbocycles. The van der Waals surface area contributed by atoms with Gasteiger partial charge in [0, 0.05) is 22.3 Å². The van der Waals surface area contributed by atoms with Gasteiger partial charge in [0.15, 0.2) is 19.5 Å². The smallest absolute Gasteiger partial charge is 0.193 e. The Hall–Kier alpha value is -4.95. The zero-order valence-corrected chi connectivity index (χ0v) is 32.3. The standard InChI is InChI=1S/C46H46O2Si2/c1-7-31-45(5,32-8-2)47-49-37-25-19-35(20-26-37)23-29-43-39-15-11-13-17-41(39)44(42-18-14-12-16-40(42)43)30-24-36-21-27-38(28-22-36)50-48-46(6,33-9-3)34-10-4/h7-22,25-28H,1-4,31-34,49-50H2,5-6H3. The van der Waals surface area contributed by atoms with Gasteiger partial charge in [-0.1, -0.05) is 121 Å². The molecule has 0 bridgehead atoms. The van der Waals surface area contributed by atoms with Crippen molar-refractivity contribution < 1.29 is 8.85 Å². The second kappa shape index (κ2) is 17.1. The molecular formula is C46H46O2Si2. The van der Waals surface area contributed by atoms with Gasteiger partial charge in [0.25, 0.3) is 0 Å². The Balaban J connectivity index is 1.41. The lowest BCUT2D eigenvalue weighted by Gasteiger charge is -2.28. The van der Waals surface area contributed by atoms with Gasteiger partial charge in [-0.2, -0.15) is 0 Å². The zero-order chi connectivity index (χ0) is 35.4. The summed E-state index contributed by atoms with van der Waals surface area (Å²) in [6.45, 7) is 19.9. The van der Waals surface area contributed by atoms with Gasteiger partial charge in [-0.3, -0.25) is 0 Å². The van der Waals surface area contributed by atoms with Gasteiger partial charge in [0.05, 0.1) is 11.2 Å². The summed E-state index contributed by atoms with van der Waals surface area (Å²) in [6.07, 6.45) is 10.9. The van der Waals surface area contributed by atoms with Crippen LogP contribution in [0.25, 0.3) is 21.5 Å². The van der Waals surface area contributed by atoms with Crippen molar-refractivity contribution in [2.45, 2.75) is 50.7 Å². The molecule has 0 aliphatic heterocycles. The average Bonchev–Trinajstić information content (AvgIpc) is 3.12. The maximum atomic E-state index is 6.40. The molecule has 0 amide bonds. The molecule has 0 radical (unpaired) electrons. The minimum atomic E-state index is -0.902. The van der Waals surface area contributed by atoms with Crippen LogP contribution in [0.1, 0.15) is 61.8 Å². The van der Waals surface area contributed by atoms with Crippen LogP contribution in [0.2, 0.25) is 0 Å². The van der Waals surface area contributed by atoms with Gasteiger partial charge < -0.3 is 8.85 Å². The molecule has 4 heteroatoms. The Kier molecular flexibility index (Phi) is 12.4. The summed E-state index contributed by atoms with van der Waals surface area (Å²) in [4.78, 5) is 0. The Labute approximate surface area is 303 Å². The molecule has 0 aromatic heterocycles. The first-order valence-corrected chi connectivity index (χ1v) is 19.7. The molecule has 50 heavy (non-hydrogen) atoms. The number of rotatable bonds is 14. The van der Waals surface area contributed by atoms with Crippen molar-refractivity contribution in [3.63, 3.8) is 0 Å². The highest BCUT2D eigenvalue weighted by atomic mass is 28.2. The van der Waals surface area contributed by atoms with E-state index in [0.717, 1.165) is 69.5 Å². The first-order valence-electron chi connectivity index (χ1n) is 17.2. The van der Waals surface area contributed by atoms with Crippen molar-refractivity contribution in [1.82, 2.24) is 0 Å². The Morgan fingerprint density at radius 2 is 0.780 bits per heavy atom. The minimum Gasteiger partial charge on any atom is -0.413 e. The summed E-state index contributed by atoms with van der Waals surface area (Å²) in [7, 11) is -1.80. The predicted molar refractivity (Wildman–Crippen MR) is 221 cm³/mol. The van der Waals surface area contributed by atoms with Crippen LogP contribution in [0.3, 0.4) is 0 Å². The highest BCUT2D eigenvalue weighted by Gasteiger charge is 2.22. The minimum absolute atomic E-state index is 0.242. The fraction of sp³-hybridized carbons (Fsp3) is 0.174. The van der Waals surface area contributed by atoms with Crippen LogP contribution in [0.15, 0.2) is 148 Å². The van der Waals surface area contributed by atoms with E-state index in [1.54, 1.807) is 0 Å². The normalized spacial score (nSPS) is 11.7. The fourth-order valence-corrected chi connectivity index (χ4v) is 8.53. The predicted octanol–water partition coefficient (Wildman–Crippen LogP) is 8.07. The molecular weight excluding hydrogens is 641 g/mol. The second-order valence-electron chi connectivity index (χ2n) is 13.2. The number of hydrogen-bond acceptors (Lipinski definition) is 2. The Bertz CT molecular complexity index is 1890. The SMILES string of the molecule is C=CCC(C)(CC=C)O[SiH2]c1ccc(C#Cc2c3ccccc3c(C#Cc3ccc([SiH2]OC(C)(CC=C)CC=C)cc3)c3ccccc23)cc1. The third-order valence-electron chi connectivity index (χ3n) is 8.98. The van der Waals surface area contributed by atoms with E-state index in [4.69, 9.17) is 8.85 Å². The van der Waals surface area contributed by atoms with E-state index in [0.29, 0.717) is 0 Å². The molecule has 0 aliphatic rings. The van der Waals surface area contributed by atoms with E-state index in [1.807, 2.05) is 24.3 Å². The van der Waals surface area contributed by atoms with Crippen molar-refractivity contribution in [2.24, 2.45) is 0 Å². The maximum absolute atomic E-state index is 6.40. The molecule has 0 saturated heterocycles. The van der Waals surface area contributed by atoms with Crippen LogP contribution in [-0.2, 0) is 8.85 Å². The van der Waals surface area contributed by atoms with Gasteiger partial charge in [0.2, 0.25) is 0 Å².